The Labute approximate surface area is 145 Å². The van der Waals surface area contributed by atoms with Crippen molar-refractivity contribution >= 4 is 34.9 Å². The van der Waals surface area contributed by atoms with Crippen molar-refractivity contribution in [3.8, 4) is 0 Å². The average molecular weight is 345 g/mol. The first-order valence-electron chi connectivity index (χ1n) is 7.59. The summed E-state index contributed by atoms with van der Waals surface area (Å²) >= 11 is 5.81. The summed E-state index contributed by atoms with van der Waals surface area (Å²) in [5.74, 6) is -0.897. The molecular formula is C18H17ClN2O3. The SMILES string of the molecule is C[C@H]1Cc2ccccc2N1C(=O)COC(=O)c1ccc(Cl)cc1N. The first kappa shape index (κ1) is 16.3. The molecule has 5 nitrogen and oxygen atoms in total. The number of nitrogens with zero attached hydrogens (tertiary/aromatic N) is 1. The summed E-state index contributed by atoms with van der Waals surface area (Å²) in [6.07, 6.45) is 0.792. The smallest absolute Gasteiger partial charge is 0.340 e. The lowest BCUT2D eigenvalue weighted by molar-refractivity contribution is -0.122. The second-order valence-corrected chi connectivity index (χ2v) is 6.19. The fraction of sp³-hybridized carbons (Fsp3) is 0.222. The predicted molar refractivity (Wildman–Crippen MR) is 93.2 cm³/mol. The number of carbonyl (C=O) groups excluding carboxylic acids is 2. The highest BCUT2D eigenvalue weighted by molar-refractivity contribution is 6.31. The van der Waals surface area contributed by atoms with Crippen molar-refractivity contribution in [2.45, 2.75) is 19.4 Å². The highest BCUT2D eigenvalue weighted by atomic mass is 35.5. The summed E-state index contributed by atoms with van der Waals surface area (Å²) in [5, 5.41) is 0.433. The fourth-order valence-corrected chi connectivity index (χ4v) is 3.12. The molecular weight excluding hydrogens is 328 g/mol. The van der Waals surface area contributed by atoms with Crippen LogP contribution in [0.5, 0.6) is 0 Å². The van der Waals surface area contributed by atoms with Crippen LogP contribution >= 0.6 is 11.6 Å². The summed E-state index contributed by atoms with van der Waals surface area (Å²) in [6.45, 7) is 1.64. The summed E-state index contributed by atoms with van der Waals surface area (Å²) in [5.41, 5.74) is 8.16. The van der Waals surface area contributed by atoms with Gasteiger partial charge in [0.15, 0.2) is 6.61 Å². The standard InChI is InChI=1S/C18H17ClN2O3/c1-11-8-12-4-2-3-5-16(12)21(11)17(22)10-24-18(23)14-7-6-13(19)9-15(14)20/h2-7,9,11H,8,10,20H2,1H3/t11-/m0/s1. The summed E-state index contributed by atoms with van der Waals surface area (Å²) < 4.78 is 5.13. The van der Waals surface area contributed by atoms with E-state index in [0.717, 1.165) is 17.7 Å². The molecule has 0 aromatic heterocycles. The third-order valence-corrected chi connectivity index (χ3v) is 4.27. The van der Waals surface area contributed by atoms with Crippen LogP contribution in [0.2, 0.25) is 5.02 Å². The number of rotatable bonds is 3. The molecule has 0 saturated heterocycles. The van der Waals surface area contributed by atoms with Crippen molar-refractivity contribution in [3.63, 3.8) is 0 Å². The van der Waals surface area contributed by atoms with Crippen LogP contribution < -0.4 is 10.6 Å². The van der Waals surface area contributed by atoms with Gasteiger partial charge in [0, 0.05) is 22.4 Å². The molecule has 24 heavy (non-hydrogen) atoms. The number of benzene rings is 2. The minimum atomic E-state index is -0.641. The number of hydrogen-bond acceptors (Lipinski definition) is 4. The molecule has 2 N–H and O–H groups in total. The summed E-state index contributed by atoms with van der Waals surface area (Å²) in [4.78, 5) is 26.3. The van der Waals surface area contributed by atoms with E-state index in [-0.39, 0.29) is 29.8 Å². The topological polar surface area (TPSA) is 72.6 Å². The van der Waals surface area contributed by atoms with E-state index in [1.165, 1.54) is 12.1 Å². The van der Waals surface area contributed by atoms with Gasteiger partial charge in [0.05, 0.1) is 5.56 Å². The normalized spacial score (nSPS) is 15.9. The van der Waals surface area contributed by atoms with Crippen LogP contribution in [0.4, 0.5) is 11.4 Å². The number of para-hydroxylation sites is 1. The zero-order valence-corrected chi connectivity index (χ0v) is 13.9. The van der Waals surface area contributed by atoms with Gasteiger partial charge in [-0.05, 0) is 43.2 Å². The van der Waals surface area contributed by atoms with Gasteiger partial charge in [0.2, 0.25) is 0 Å². The Morgan fingerprint density at radius 1 is 1.29 bits per heavy atom. The molecule has 124 valence electrons. The van der Waals surface area contributed by atoms with Crippen LogP contribution in [0.15, 0.2) is 42.5 Å². The quantitative estimate of drug-likeness (QED) is 0.686. The van der Waals surface area contributed by atoms with Crippen LogP contribution in [-0.2, 0) is 16.0 Å². The molecule has 0 fully saturated rings. The Hall–Kier alpha value is -2.53. The molecule has 0 bridgehead atoms. The maximum absolute atomic E-state index is 12.5. The second-order valence-electron chi connectivity index (χ2n) is 5.75. The van der Waals surface area contributed by atoms with Crippen molar-refractivity contribution in [1.29, 1.82) is 0 Å². The predicted octanol–water partition coefficient (Wildman–Crippen LogP) is 3.06. The molecule has 1 atom stereocenters. The Bertz CT molecular complexity index is 807. The van der Waals surface area contributed by atoms with Gasteiger partial charge in [0.25, 0.3) is 5.91 Å². The highest BCUT2D eigenvalue weighted by Crippen LogP contribution is 2.31. The molecule has 0 saturated carbocycles. The van der Waals surface area contributed by atoms with Gasteiger partial charge < -0.3 is 15.4 Å². The number of amides is 1. The number of anilines is 2. The summed E-state index contributed by atoms with van der Waals surface area (Å²) in [6, 6.07) is 12.3. The van der Waals surface area contributed by atoms with Gasteiger partial charge in [-0.1, -0.05) is 29.8 Å². The van der Waals surface area contributed by atoms with E-state index in [0.29, 0.717) is 5.02 Å². The molecule has 3 rings (SSSR count). The molecule has 6 heteroatoms. The van der Waals surface area contributed by atoms with Crippen LogP contribution in [0.25, 0.3) is 0 Å². The molecule has 0 radical (unpaired) electrons. The van der Waals surface area contributed by atoms with E-state index >= 15 is 0 Å². The van der Waals surface area contributed by atoms with E-state index in [4.69, 9.17) is 22.1 Å². The zero-order valence-electron chi connectivity index (χ0n) is 13.2. The minimum absolute atomic E-state index is 0.0363. The average Bonchev–Trinajstić information content (AvgIpc) is 2.88. The highest BCUT2D eigenvalue weighted by Gasteiger charge is 2.31. The van der Waals surface area contributed by atoms with E-state index in [1.54, 1.807) is 11.0 Å². The number of carbonyl (C=O) groups is 2. The molecule has 0 aliphatic carbocycles. The molecule has 1 amide bonds. The minimum Gasteiger partial charge on any atom is -0.452 e. The Morgan fingerprint density at radius 3 is 2.79 bits per heavy atom. The number of ether oxygens (including phenoxy) is 1. The molecule has 2 aromatic carbocycles. The largest absolute Gasteiger partial charge is 0.452 e. The molecule has 1 aliphatic rings. The number of hydrogen-bond donors (Lipinski definition) is 1. The van der Waals surface area contributed by atoms with Gasteiger partial charge in [-0.3, -0.25) is 4.79 Å². The van der Waals surface area contributed by atoms with Crippen molar-refractivity contribution in [1.82, 2.24) is 0 Å². The number of fused-ring (bicyclic) bond motifs is 1. The second kappa shape index (κ2) is 6.53. The maximum Gasteiger partial charge on any atom is 0.340 e. The monoisotopic (exact) mass is 344 g/mol. The lowest BCUT2D eigenvalue weighted by atomic mass is 10.1. The van der Waals surface area contributed by atoms with Gasteiger partial charge in [0.1, 0.15) is 0 Å². The van der Waals surface area contributed by atoms with Crippen molar-refractivity contribution < 1.29 is 14.3 Å². The van der Waals surface area contributed by atoms with Gasteiger partial charge in [-0.15, -0.1) is 0 Å². The summed E-state index contributed by atoms with van der Waals surface area (Å²) in [7, 11) is 0. The zero-order chi connectivity index (χ0) is 17.3. The number of nitrogen functional groups attached to an aromatic ring is 1. The van der Waals surface area contributed by atoms with Crippen LogP contribution in [0.1, 0.15) is 22.8 Å². The fourth-order valence-electron chi connectivity index (χ4n) is 2.94. The molecule has 0 unspecified atom stereocenters. The van der Waals surface area contributed by atoms with E-state index < -0.39 is 5.97 Å². The van der Waals surface area contributed by atoms with Crippen molar-refractivity contribution in [2.24, 2.45) is 0 Å². The first-order valence-corrected chi connectivity index (χ1v) is 7.97. The van der Waals surface area contributed by atoms with E-state index in [9.17, 15) is 9.59 Å². The Balaban J connectivity index is 1.69. The van der Waals surface area contributed by atoms with Crippen LogP contribution in [-0.4, -0.2) is 24.5 Å². The van der Waals surface area contributed by atoms with Gasteiger partial charge in [-0.2, -0.15) is 0 Å². The molecule has 1 aliphatic heterocycles. The number of nitrogens with two attached hydrogens (primary N) is 1. The lowest BCUT2D eigenvalue weighted by Gasteiger charge is -2.22. The van der Waals surface area contributed by atoms with Crippen molar-refractivity contribution in [2.75, 3.05) is 17.2 Å². The maximum atomic E-state index is 12.5. The third-order valence-electron chi connectivity index (χ3n) is 4.04. The van der Waals surface area contributed by atoms with Crippen LogP contribution in [0, 0.1) is 0 Å². The van der Waals surface area contributed by atoms with Gasteiger partial charge in [-0.25, -0.2) is 4.79 Å². The first-order chi connectivity index (χ1) is 11.5. The van der Waals surface area contributed by atoms with E-state index in [1.807, 2.05) is 31.2 Å². The van der Waals surface area contributed by atoms with E-state index in [2.05, 4.69) is 0 Å². The Kier molecular flexibility index (Phi) is 4.44. The van der Waals surface area contributed by atoms with Crippen LogP contribution in [0.3, 0.4) is 0 Å². The lowest BCUT2D eigenvalue weighted by Crippen LogP contribution is -2.38. The number of esters is 1. The van der Waals surface area contributed by atoms with Gasteiger partial charge >= 0.3 is 5.97 Å². The molecule has 1 heterocycles. The van der Waals surface area contributed by atoms with Crippen molar-refractivity contribution in [3.05, 3.63) is 58.6 Å². The molecule has 0 spiro atoms. The molecule has 2 aromatic rings. The third kappa shape index (κ3) is 3.08. The number of halogens is 1. The Morgan fingerprint density at radius 2 is 2.04 bits per heavy atom.